The maximum Gasteiger partial charge on any atom is 0.261 e. The van der Waals surface area contributed by atoms with Crippen LogP contribution in [0.5, 0.6) is 5.75 Å². The Morgan fingerprint density at radius 1 is 1.26 bits per heavy atom. The number of hydrogen-bond donors (Lipinski definition) is 1. The molecule has 0 aliphatic carbocycles. The summed E-state index contributed by atoms with van der Waals surface area (Å²) in [5, 5.41) is 4.12. The largest absolute Gasteiger partial charge is 0.497 e. The molecule has 0 atom stereocenters. The Bertz CT molecular complexity index is 678. The third-order valence-electron chi connectivity index (χ3n) is 4.26. The van der Waals surface area contributed by atoms with E-state index in [-0.39, 0.29) is 5.91 Å². The first kappa shape index (κ1) is 16.2. The van der Waals surface area contributed by atoms with Gasteiger partial charge in [0.05, 0.1) is 12.0 Å². The van der Waals surface area contributed by atoms with Crippen molar-refractivity contribution in [3.63, 3.8) is 0 Å². The number of thiophene rings is 1. The van der Waals surface area contributed by atoms with Crippen molar-refractivity contribution in [2.24, 2.45) is 0 Å². The molecule has 1 N–H and O–H groups in total. The van der Waals surface area contributed by atoms with E-state index in [4.69, 9.17) is 4.74 Å². The van der Waals surface area contributed by atoms with Crippen molar-refractivity contribution in [1.29, 1.82) is 0 Å². The smallest absolute Gasteiger partial charge is 0.261 e. The van der Waals surface area contributed by atoms with Gasteiger partial charge >= 0.3 is 0 Å². The van der Waals surface area contributed by atoms with E-state index < -0.39 is 0 Å². The number of rotatable bonds is 5. The maximum atomic E-state index is 12.3. The van der Waals surface area contributed by atoms with Crippen molar-refractivity contribution in [3.05, 3.63) is 29.1 Å². The standard InChI is InChI=1S/C17H23N3O2S/c1-19-7-9-20(10-8-19)6-5-18-17(21)16-11-13-3-4-14(22-2)12-15(13)23-16/h3-4,11-12H,5-10H2,1-2H3,(H,18,21). The zero-order chi connectivity index (χ0) is 16.2. The van der Waals surface area contributed by atoms with E-state index in [1.54, 1.807) is 7.11 Å². The van der Waals surface area contributed by atoms with Crippen LogP contribution in [-0.2, 0) is 0 Å². The van der Waals surface area contributed by atoms with Gasteiger partial charge in [0, 0.05) is 44.0 Å². The second-order valence-electron chi connectivity index (χ2n) is 5.92. The van der Waals surface area contributed by atoms with E-state index in [1.165, 1.54) is 11.3 Å². The van der Waals surface area contributed by atoms with E-state index in [0.29, 0.717) is 6.54 Å². The van der Waals surface area contributed by atoms with Crippen LogP contribution in [0.15, 0.2) is 24.3 Å². The third-order valence-corrected chi connectivity index (χ3v) is 5.36. The molecule has 1 aliphatic rings. The molecule has 6 heteroatoms. The lowest BCUT2D eigenvalue weighted by Gasteiger charge is -2.32. The predicted octanol–water partition coefficient (Wildman–Crippen LogP) is 1.89. The number of ether oxygens (including phenoxy) is 1. The molecule has 0 saturated carbocycles. The van der Waals surface area contributed by atoms with Crippen LogP contribution in [0.1, 0.15) is 9.67 Å². The number of amides is 1. The lowest BCUT2D eigenvalue weighted by Crippen LogP contribution is -2.46. The molecule has 2 heterocycles. The monoisotopic (exact) mass is 333 g/mol. The highest BCUT2D eigenvalue weighted by Crippen LogP contribution is 2.29. The molecular formula is C17H23N3O2S. The molecule has 3 rings (SSSR count). The number of carbonyl (C=O) groups excluding carboxylic acids is 1. The van der Waals surface area contributed by atoms with Crippen LogP contribution >= 0.6 is 11.3 Å². The first-order valence-corrected chi connectivity index (χ1v) is 8.74. The van der Waals surface area contributed by atoms with E-state index in [2.05, 4.69) is 22.2 Å². The van der Waals surface area contributed by atoms with Crippen LogP contribution in [-0.4, -0.2) is 69.1 Å². The lowest BCUT2D eigenvalue weighted by molar-refractivity contribution is 0.0945. The van der Waals surface area contributed by atoms with Gasteiger partial charge in [-0.3, -0.25) is 9.69 Å². The molecule has 0 bridgehead atoms. The minimum Gasteiger partial charge on any atom is -0.497 e. The van der Waals surface area contributed by atoms with Gasteiger partial charge < -0.3 is 15.0 Å². The number of likely N-dealkylation sites (N-methyl/N-ethyl adjacent to an activating group) is 1. The lowest BCUT2D eigenvalue weighted by atomic mass is 10.2. The minimum atomic E-state index is 0.0132. The highest BCUT2D eigenvalue weighted by atomic mass is 32.1. The Morgan fingerprint density at radius 3 is 2.78 bits per heavy atom. The van der Waals surface area contributed by atoms with Gasteiger partial charge in [0.15, 0.2) is 0 Å². The van der Waals surface area contributed by atoms with Crippen LogP contribution < -0.4 is 10.1 Å². The number of fused-ring (bicyclic) bond motifs is 1. The Balaban J connectivity index is 1.54. The van der Waals surface area contributed by atoms with E-state index in [1.807, 2.05) is 24.3 Å². The Kier molecular flexibility index (Phi) is 5.15. The molecule has 2 aromatic rings. The highest BCUT2D eigenvalue weighted by Gasteiger charge is 2.14. The number of nitrogens with zero attached hydrogens (tertiary/aromatic N) is 2. The van der Waals surface area contributed by atoms with Crippen LogP contribution in [0.25, 0.3) is 10.1 Å². The van der Waals surface area contributed by atoms with Crippen molar-refractivity contribution in [2.45, 2.75) is 0 Å². The Morgan fingerprint density at radius 2 is 2.04 bits per heavy atom. The van der Waals surface area contributed by atoms with Gasteiger partial charge in [0.2, 0.25) is 0 Å². The molecule has 0 radical (unpaired) electrons. The molecule has 1 amide bonds. The average Bonchev–Trinajstić information content (AvgIpc) is 2.99. The second kappa shape index (κ2) is 7.29. The average molecular weight is 333 g/mol. The number of carbonyl (C=O) groups is 1. The molecule has 23 heavy (non-hydrogen) atoms. The summed E-state index contributed by atoms with van der Waals surface area (Å²) < 4.78 is 6.31. The fourth-order valence-electron chi connectivity index (χ4n) is 2.74. The van der Waals surface area contributed by atoms with Gasteiger partial charge in [0.1, 0.15) is 5.75 Å². The summed E-state index contributed by atoms with van der Waals surface area (Å²) >= 11 is 1.51. The van der Waals surface area contributed by atoms with Crippen LogP contribution in [0.4, 0.5) is 0 Å². The number of piperazine rings is 1. The van der Waals surface area contributed by atoms with E-state index >= 15 is 0 Å². The van der Waals surface area contributed by atoms with Gasteiger partial charge in [-0.1, -0.05) is 0 Å². The minimum absolute atomic E-state index is 0.0132. The van der Waals surface area contributed by atoms with Crippen molar-refractivity contribution in [1.82, 2.24) is 15.1 Å². The molecule has 1 aromatic carbocycles. The Labute approximate surface area is 140 Å². The molecule has 1 fully saturated rings. The number of nitrogens with one attached hydrogen (secondary N) is 1. The van der Waals surface area contributed by atoms with Gasteiger partial charge in [-0.2, -0.15) is 0 Å². The summed E-state index contributed by atoms with van der Waals surface area (Å²) in [6, 6.07) is 7.83. The fraction of sp³-hybridized carbons (Fsp3) is 0.471. The van der Waals surface area contributed by atoms with Crippen LogP contribution in [0.2, 0.25) is 0 Å². The number of hydrogen-bond acceptors (Lipinski definition) is 5. The van der Waals surface area contributed by atoms with Crippen LogP contribution in [0, 0.1) is 0 Å². The summed E-state index contributed by atoms with van der Waals surface area (Å²) in [7, 11) is 3.80. The predicted molar refractivity (Wildman–Crippen MR) is 94.6 cm³/mol. The fourth-order valence-corrected chi connectivity index (χ4v) is 3.74. The second-order valence-corrected chi connectivity index (χ2v) is 7.00. The van der Waals surface area contributed by atoms with Gasteiger partial charge in [-0.25, -0.2) is 0 Å². The van der Waals surface area contributed by atoms with Crippen LogP contribution in [0.3, 0.4) is 0 Å². The van der Waals surface area contributed by atoms with Gasteiger partial charge in [-0.15, -0.1) is 11.3 Å². The summed E-state index contributed by atoms with van der Waals surface area (Å²) in [5.74, 6) is 0.834. The summed E-state index contributed by atoms with van der Waals surface area (Å²) in [6.45, 7) is 5.97. The molecule has 124 valence electrons. The molecule has 1 aromatic heterocycles. The summed E-state index contributed by atoms with van der Waals surface area (Å²) in [6.07, 6.45) is 0. The van der Waals surface area contributed by atoms with Gasteiger partial charge in [0.25, 0.3) is 5.91 Å². The zero-order valence-electron chi connectivity index (χ0n) is 13.7. The normalized spacial score (nSPS) is 16.6. The Hall–Kier alpha value is -1.63. The van der Waals surface area contributed by atoms with Crippen molar-refractivity contribution >= 4 is 27.3 Å². The highest BCUT2D eigenvalue weighted by molar-refractivity contribution is 7.20. The molecule has 1 saturated heterocycles. The maximum absolute atomic E-state index is 12.3. The molecular weight excluding hydrogens is 310 g/mol. The summed E-state index contributed by atoms with van der Waals surface area (Å²) in [5.41, 5.74) is 0. The SMILES string of the molecule is COc1ccc2cc(C(=O)NCCN3CCN(C)CC3)sc2c1. The molecule has 1 aliphatic heterocycles. The number of benzene rings is 1. The summed E-state index contributed by atoms with van der Waals surface area (Å²) in [4.78, 5) is 17.8. The van der Waals surface area contributed by atoms with E-state index in [9.17, 15) is 4.79 Å². The molecule has 0 unspecified atom stereocenters. The zero-order valence-corrected chi connectivity index (χ0v) is 14.5. The molecule has 0 spiro atoms. The topological polar surface area (TPSA) is 44.8 Å². The van der Waals surface area contributed by atoms with E-state index in [0.717, 1.165) is 53.4 Å². The van der Waals surface area contributed by atoms with Crippen molar-refractivity contribution in [3.8, 4) is 5.75 Å². The van der Waals surface area contributed by atoms with Crippen molar-refractivity contribution in [2.75, 3.05) is 53.4 Å². The molecule has 5 nitrogen and oxygen atoms in total. The van der Waals surface area contributed by atoms with Gasteiger partial charge in [-0.05, 0) is 36.7 Å². The third kappa shape index (κ3) is 4.02. The first-order valence-electron chi connectivity index (χ1n) is 7.92. The first-order chi connectivity index (χ1) is 11.2. The van der Waals surface area contributed by atoms with Crippen molar-refractivity contribution < 1.29 is 9.53 Å². The quantitative estimate of drug-likeness (QED) is 0.908. The number of methoxy groups -OCH3 is 1.